The zero-order valence-electron chi connectivity index (χ0n) is 28.1. The molecule has 0 unspecified atom stereocenters. The number of pyridine rings is 1. The third kappa shape index (κ3) is 9.56. The molecule has 0 bridgehead atoms. The molecule has 0 atom stereocenters. The van der Waals surface area contributed by atoms with Gasteiger partial charge in [-0.05, 0) is 80.3 Å². The molecule has 0 saturated heterocycles. The van der Waals surface area contributed by atoms with Gasteiger partial charge < -0.3 is 19.7 Å². The second-order valence-electron chi connectivity index (χ2n) is 11.9. The second-order valence-corrected chi connectivity index (χ2v) is 11.9. The summed E-state index contributed by atoms with van der Waals surface area (Å²) in [4.78, 5) is 56.7. The Morgan fingerprint density at radius 2 is 1.61 bits per heavy atom. The number of anilines is 1. The smallest absolute Gasteiger partial charge is 0.338 e. The molecule has 1 heterocycles. The van der Waals surface area contributed by atoms with E-state index in [-0.39, 0.29) is 47.2 Å². The highest BCUT2D eigenvalue weighted by molar-refractivity contribution is 6.11. The van der Waals surface area contributed by atoms with Crippen LogP contribution >= 0.6 is 0 Å². The number of benzene rings is 3. The third-order valence-corrected chi connectivity index (χ3v) is 7.61. The van der Waals surface area contributed by atoms with E-state index in [2.05, 4.69) is 10.3 Å². The normalized spacial score (nSPS) is 11.2. The van der Waals surface area contributed by atoms with Crippen LogP contribution in [0.4, 0.5) is 14.5 Å². The molecule has 1 aromatic heterocycles. The summed E-state index contributed by atoms with van der Waals surface area (Å²) in [7, 11) is 3.20. The Balaban J connectivity index is 1.43. The van der Waals surface area contributed by atoms with Crippen LogP contribution in [0.25, 0.3) is 11.1 Å². The Morgan fingerprint density at radius 1 is 0.918 bits per heavy atom. The Labute approximate surface area is 284 Å². The molecule has 0 spiro atoms. The Bertz CT molecular complexity index is 1810. The molecule has 2 amide bonds. The summed E-state index contributed by atoms with van der Waals surface area (Å²) in [5.74, 6) is -4.41. The van der Waals surface area contributed by atoms with Crippen LogP contribution in [0.2, 0.25) is 0 Å². The average molecular weight is 672 g/mol. The largest absolute Gasteiger partial charge is 0.459 e. The molecule has 0 fully saturated rings. The first kappa shape index (κ1) is 36.4. The summed E-state index contributed by atoms with van der Waals surface area (Å²) in [6.07, 6.45) is 3.36. The molecule has 0 aliphatic carbocycles. The maximum absolute atomic E-state index is 14.2. The van der Waals surface area contributed by atoms with Crippen LogP contribution in [0.5, 0.6) is 5.75 Å². The minimum Gasteiger partial charge on any atom is -0.459 e. The van der Waals surface area contributed by atoms with Crippen molar-refractivity contribution in [1.82, 2.24) is 9.88 Å². The minimum atomic E-state index is -2.96. The van der Waals surface area contributed by atoms with Gasteiger partial charge in [-0.3, -0.25) is 19.4 Å². The van der Waals surface area contributed by atoms with Crippen LogP contribution in [0.1, 0.15) is 82.2 Å². The van der Waals surface area contributed by atoms with E-state index in [4.69, 9.17) is 9.47 Å². The van der Waals surface area contributed by atoms with Crippen molar-refractivity contribution in [3.05, 3.63) is 113 Å². The molecule has 0 saturated carbocycles. The fourth-order valence-electron chi connectivity index (χ4n) is 4.94. The lowest BCUT2D eigenvalue weighted by Crippen LogP contribution is -2.24. The van der Waals surface area contributed by atoms with Crippen molar-refractivity contribution in [2.24, 2.45) is 0 Å². The monoisotopic (exact) mass is 671 g/mol. The van der Waals surface area contributed by atoms with Gasteiger partial charge in [-0.2, -0.15) is 0 Å². The Morgan fingerprint density at radius 3 is 2.24 bits per heavy atom. The molecule has 3 aromatic carbocycles. The Hall–Kier alpha value is -5.45. The highest BCUT2D eigenvalue weighted by Crippen LogP contribution is 2.33. The summed E-state index contributed by atoms with van der Waals surface area (Å²) in [5.41, 5.74) is 2.79. The van der Waals surface area contributed by atoms with Gasteiger partial charge >= 0.3 is 11.9 Å². The van der Waals surface area contributed by atoms with Crippen molar-refractivity contribution >= 4 is 29.4 Å². The van der Waals surface area contributed by atoms with Crippen molar-refractivity contribution in [2.45, 2.75) is 58.5 Å². The van der Waals surface area contributed by atoms with Crippen LogP contribution in [-0.4, -0.2) is 53.8 Å². The second kappa shape index (κ2) is 16.1. The van der Waals surface area contributed by atoms with Gasteiger partial charge in [0.25, 0.3) is 17.7 Å². The highest BCUT2D eigenvalue weighted by Gasteiger charge is 2.29. The number of hydrogen-bond donors (Lipinski definition) is 1. The van der Waals surface area contributed by atoms with Gasteiger partial charge in [0.2, 0.25) is 0 Å². The van der Waals surface area contributed by atoms with Gasteiger partial charge in [-0.25, -0.2) is 13.6 Å². The quantitative estimate of drug-likeness (QED) is 0.114. The van der Waals surface area contributed by atoms with Crippen molar-refractivity contribution < 1.29 is 37.4 Å². The van der Waals surface area contributed by atoms with Crippen molar-refractivity contribution in [2.75, 3.05) is 19.4 Å². The fraction of sp³-hybridized carbons (Fsp3) is 0.289. The molecule has 1 N–H and O–H groups in total. The number of amides is 2. The average Bonchev–Trinajstić information content (AvgIpc) is 3.08. The van der Waals surface area contributed by atoms with Crippen LogP contribution in [-0.2, 0) is 21.9 Å². The van der Waals surface area contributed by atoms with Gasteiger partial charge in [-0.1, -0.05) is 37.3 Å². The van der Waals surface area contributed by atoms with E-state index in [1.165, 1.54) is 78.8 Å². The number of aryl methyl sites for hydroxylation is 1. The van der Waals surface area contributed by atoms with Gasteiger partial charge in [0.15, 0.2) is 0 Å². The van der Waals surface area contributed by atoms with Crippen molar-refractivity contribution in [1.29, 1.82) is 0 Å². The molecule has 0 radical (unpaired) electrons. The minimum absolute atomic E-state index is 0.106. The van der Waals surface area contributed by atoms with Crippen LogP contribution in [0.3, 0.4) is 0 Å². The SMILES string of the molecule is CCC(F)(F)c1ccc(-c2cnccc2C(=O)Nc2ccc(CCCC(=O)Oc3ccc(C(=O)OC(C)C)cc3)cc2C(=O)N(C)C)cc1. The standard InChI is InChI=1S/C38H39F2N3O6/c1-6-38(39,40)28-15-11-26(12-16-28)32-23-41-21-20-30(32)35(45)42-33-19-10-25(22-31(33)36(46)43(4)5)8-7-9-34(44)49-29-17-13-27(14-18-29)37(47)48-24(2)3/h10-24H,6-9H2,1-5H3,(H,42,45). The number of ether oxygens (including phenoxy) is 2. The predicted octanol–water partition coefficient (Wildman–Crippen LogP) is 7.70. The number of halogens is 2. The van der Waals surface area contributed by atoms with Gasteiger partial charge in [0.1, 0.15) is 5.75 Å². The van der Waals surface area contributed by atoms with Gasteiger partial charge in [-0.15, -0.1) is 0 Å². The lowest BCUT2D eigenvalue weighted by molar-refractivity contribution is -0.134. The maximum Gasteiger partial charge on any atom is 0.338 e. The number of esters is 2. The van der Waals surface area contributed by atoms with E-state index >= 15 is 0 Å². The zero-order valence-corrected chi connectivity index (χ0v) is 28.1. The number of carbonyl (C=O) groups is 4. The molecule has 4 aromatic rings. The van der Waals surface area contributed by atoms with Crippen LogP contribution in [0, 0.1) is 0 Å². The number of nitrogens with one attached hydrogen (secondary N) is 1. The molecular weight excluding hydrogens is 632 g/mol. The van der Waals surface area contributed by atoms with E-state index in [0.29, 0.717) is 35.3 Å². The zero-order chi connectivity index (χ0) is 35.7. The Kier molecular flexibility index (Phi) is 12.0. The number of hydrogen-bond acceptors (Lipinski definition) is 7. The lowest BCUT2D eigenvalue weighted by Gasteiger charge is -2.17. The number of carbonyl (C=O) groups excluding carboxylic acids is 4. The number of alkyl halides is 2. The molecule has 49 heavy (non-hydrogen) atoms. The van der Waals surface area contributed by atoms with Gasteiger partial charge in [0.05, 0.1) is 28.5 Å². The highest BCUT2D eigenvalue weighted by atomic mass is 19.3. The molecule has 0 aliphatic heterocycles. The van der Waals surface area contributed by atoms with Crippen molar-refractivity contribution in [3.63, 3.8) is 0 Å². The molecular formula is C38H39F2N3O6. The molecule has 256 valence electrons. The number of aromatic nitrogens is 1. The lowest BCUT2D eigenvalue weighted by atomic mass is 9.98. The van der Waals surface area contributed by atoms with E-state index in [1.807, 2.05) is 0 Å². The summed E-state index contributed by atoms with van der Waals surface area (Å²) < 4.78 is 38.9. The summed E-state index contributed by atoms with van der Waals surface area (Å²) in [5, 5.41) is 2.83. The molecule has 11 heteroatoms. The van der Waals surface area contributed by atoms with Crippen LogP contribution < -0.4 is 10.1 Å². The maximum atomic E-state index is 14.2. The molecule has 0 aliphatic rings. The summed E-state index contributed by atoms with van der Waals surface area (Å²) in [6.45, 7) is 4.92. The molecule has 4 rings (SSSR count). The van der Waals surface area contributed by atoms with Gasteiger partial charge in [0, 0.05) is 50.5 Å². The van der Waals surface area contributed by atoms with Crippen LogP contribution in [0.15, 0.2) is 85.2 Å². The predicted molar refractivity (Wildman–Crippen MR) is 182 cm³/mol. The van der Waals surface area contributed by atoms with Crippen molar-refractivity contribution in [3.8, 4) is 16.9 Å². The fourth-order valence-corrected chi connectivity index (χ4v) is 4.94. The number of nitrogens with zero attached hydrogens (tertiary/aromatic N) is 2. The first-order valence-corrected chi connectivity index (χ1v) is 15.9. The van der Waals surface area contributed by atoms with E-state index in [0.717, 1.165) is 5.56 Å². The van der Waals surface area contributed by atoms with E-state index < -0.39 is 23.8 Å². The molecule has 9 nitrogen and oxygen atoms in total. The summed E-state index contributed by atoms with van der Waals surface area (Å²) >= 11 is 0. The first-order chi connectivity index (χ1) is 23.3. The first-order valence-electron chi connectivity index (χ1n) is 15.9. The summed E-state index contributed by atoms with van der Waals surface area (Å²) in [6, 6.07) is 18.4. The number of rotatable bonds is 13. The third-order valence-electron chi connectivity index (χ3n) is 7.61. The topological polar surface area (TPSA) is 115 Å². The van der Waals surface area contributed by atoms with E-state index in [9.17, 15) is 28.0 Å². The van der Waals surface area contributed by atoms with E-state index in [1.54, 1.807) is 46.1 Å².